The van der Waals surface area contributed by atoms with Gasteiger partial charge in [-0.1, -0.05) is 110 Å². The summed E-state index contributed by atoms with van der Waals surface area (Å²) in [5.41, 5.74) is 5.84. The minimum Gasteiger partial charge on any atom is -0.351 e. The average molecular weight is 728 g/mol. The summed E-state index contributed by atoms with van der Waals surface area (Å²) in [4.78, 5) is 26.5. The molecule has 0 saturated heterocycles. The summed E-state index contributed by atoms with van der Waals surface area (Å²) >= 11 is 19.3. The van der Waals surface area contributed by atoms with Gasteiger partial charge in [0, 0.05) is 27.7 Å². The van der Waals surface area contributed by atoms with E-state index in [1.165, 1.54) is 0 Å². The number of allylic oxidation sites excluding steroid dienone is 1. The summed E-state index contributed by atoms with van der Waals surface area (Å²) in [6.07, 6.45) is 4.50. The lowest BCUT2D eigenvalue weighted by Crippen LogP contribution is -2.28. The standard InChI is InChI=1S/C37H37Cl3N2O5S/c1-23-19-34(33(40)22-30(23)29-14-13-28(38)21-32(29)39)42-36(44)31(26-9-5-24(6-10-26)15-16-37(2,3)4)20-25-7-11-27(12-8-25)35(43)41-17-18-48(45,46)47/h5-16,19,21-22,31H,17-18,20H2,1-4H3,(H,41,43)(H,42,44)(H,45,46,47)/b16-15+. The molecule has 4 aromatic rings. The van der Waals surface area contributed by atoms with Crippen LogP contribution in [0.15, 0.2) is 84.9 Å². The molecule has 7 nitrogen and oxygen atoms in total. The van der Waals surface area contributed by atoms with Crippen LogP contribution >= 0.6 is 34.8 Å². The molecule has 48 heavy (non-hydrogen) atoms. The summed E-state index contributed by atoms with van der Waals surface area (Å²) in [6, 6.07) is 23.3. The number of carbonyl (C=O) groups is 2. The van der Waals surface area contributed by atoms with Gasteiger partial charge in [-0.15, -0.1) is 0 Å². The molecule has 0 aromatic heterocycles. The van der Waals surface area contributed by atoms with Crippen LogP contribution in [-0.4, -0.2) is 37.1 Å². The van der Waals surface area contributed by atoms with Crippen molar-refractivity contribution in [1.29, 1.82) is 0 Å². The fourth-order valence-corrected chi connectivity index (χ4v) is 6.05. The molecule has 3 N–H and O–H groups in total. The second-order valence-electron chi connectivity index (χ2n) is 12.6. The number of hydrogen-bond donors (Lipinski definition) is 3. The zero-order valence-corrected chi connectivity index (χ0v) is 30.1. The Bertz CT molecular complexity index is 1940. The first-order valence-electron chi connectivity index (χ1n) is 15.2. The van der Waals surface area contributed by atoms with Crippen molar-refractivity contribution in [2.75, 3.05) is 17.6 Å². The molecule has 0 bridgehead atoms. The predicted octanol–water partition coefficient (Wildman–Crippen LogP) is 9.26. The van der Waals surface area contributed by atoms with E-state index in [1.807, 2.05) is 43.3 Å². The zero-order chi connectivity index (χ0) is 35.2. The van der Waals surface area contributed by atoms with E-state index in [2.05, 4.69) is 43.6 Å². The van der Waals surface area contributed by atoms with Crippen molar-refractivity contribution in [1.82, 2.24) is 5.32 Å². The highest BCUT2D eigenvalue weighted by Gasteiger charge is 2.23. The van der Waals surface area contributed by atoms with Crippen molar-refractivity contribution in [2.45, 2.75) is 40.0 Å². The Morgan fingerprint density at radius 2 is 1.54 bits per heavy atom. The van der Waals surface area contributed by atoms with Gasteiger partial charge in [0.15, 0.2) is 0 Å². The lowest BCUT2D eigenvalue weighted by molar-refractivity contribution is -0.117. The van der Waals surface area contributed by atoms with Crippen molar-refractivity contribution in [3.05, 3.63) is 128 Å². The molecule has 0 saturated carbocycles. The van der Waals surface area contributed by atoms with Crippen LogP contribution in [0.2, 0.25) is 15.1 Å². The molecule has 0 spiro atoms. The SMILES string of the molecule is Cc1cc(NC(=O)C(Cc2ccc(C(=O)NCCS(=O)(=O)O)cc2)c2ccc(/C=C/C(C)(C)C)cc2)c(Cl)cc1-c1ccc(Cl)cc1Cl. The van der Waals surface area contributed by atoms with Crippen LogP contribution in [-0.2, 0) is 21.3 Å². The summed E-state index contributed by atoms with van der Waals surface area (Å²) in [5, 5.41) is 6.85. The Kier molecular flexibility index (Phi) is 12.2. The van der Waals surface area contributed by atoms with Crippen molar-refractivity contribution >= 4 is 68.5 Å². The molecule has 0 aliphatic heterocycles. The molecule has 0 radical (unpaired) electrons. The number of anilines is 1. The van der Waals surface area contributed by atoms with Crippen LogP contribution in [0.3, 0.4) is 0 Å². The fraction of sp³-hybridized carbons (Fsp3) is 0.243. The maximum atomic E-state index is 14.0. The van der Waals surface area contributed by atoms with E-state index in [-0.39, 0.29) is 17.9 Å². The van der Waals surface area contributed by atoms with Crippen LogP contribution in [0.25, 0.3) is 17.2 Å². The number of hydrogen-bond acceptors (Lipinski definition) is 4. The van der Waals surface area contributed by atoms with E-state index in [0.29, 0.717) is 32.7 Å². The lowest BCUT2D eigenvalue weighted by Gasteiger charge is -2.20. The van der Waals surface area contributed by atoms with Crippen LogP contribution < -0.4 is 10.6 Å². The van der Waals surface area contributed by atoms with Gasteiger partial charge in [-0.05, 0) is 83.0 Å². The van der Waals surface area contributed by atoms with Gasteiger partial charge in [-0.3, -0.25) is 14.1 Å². The van der Waals surface area contributed by atoms with Crippen molar-refractivity contribution < 1.29 is 22.6 Å². The van der Waals surface area contributed by atoms with Crippen molar-refractivity contribution in [3.8, 4) is 11.1 Å². The van der Waals surface area contributed by atoms with Crippen LogP contribution in [0.4, 0.5) is 5.69 Å². The van der Waals surface area contributed by atoms with E-state index in [4.69, 9.17) is 39.4 Å². The number of benzene rings is 4. The topological polar surface area (TPSA) is 113 Å². The molecule has 4 rings (SSSR count). The van der Waals surface area contributed by atoms with E-state index in [0.717, 1.165) is 33.4 Å². The molecule has 2 amide bonds. The third-order valence-corrected chi connectivity index (χ3v) is 9.11. The van der Waals surface area contributed by atoms with Crippen LogP contribution in [0.1, 0.15) is 59.3 Å². The normalized spacial score (nSPS) is 12.6. The molecule has 1 unspecified atom stereocenters. The number of rotatable bonds is 11. The first kappa shape index (κ1) is 37.2. The Hall–Kier alpha value is -3.66. The molecule has 11 heteroatoms. The number of nitrogens with one attached hydrogen (secondary N) is 2. The van der Waals surface area contributed by atoms with Gasteiger partial charge in [0.1, 0.15) is 0 Å². The molecule has 4 aromatic carbocycles. The number of aryl methyl sites for hydroxylation is 1. The highest BCUT2D eigenvalue weighted by atomic mass is 35.5. The van der Waals surface area contributed by atoms with Gasteiger partial charge in [-0.2, -0.15) is 8.42 Å². The summed E-state index contributed by atoms with van der Waals surface area (Å²) in [5.74, 6) is -1.94. The number of amides is 2. The average Bonchev–Trinajstić information content (AvgIpc) is 3.00. The van der Waals surface area contributed by atoms with Gasteiger partial charge in [0.05, 0.1) is 22.4 Å². The Labute approximate surface area is 297 Å². The Balaban J connectivity index is 1.60. The summed E-state index contributed by atoms with van der Waals surface area (Å²) < 4.78 is 30.8. The fourth-order valence-electron chi connectivity index (χ4n) is 4.97. The Morgan fingerprint density at radius 1 is 0.875 bits per heavy atom. The second-order valence-corrected chi connectivity index (χ2v) is 15.4. The first-order chi connectivity index (χ1) is 22.5. The largest absolute Gasteiger partial charge is 0.351 e. The first-order valence-corrected chi connectivity index (χ1v) is 17.9. The third kappa shape index (κ3) is 10.7. The van der Waals surface area contributed by atoms with Crippen molar-refractivity contribution in [2.24, 2.45) is 5.41 Å². The van der Waals surface area contributed by atoms with Crippen LogP contribution in [0, 0.1) is 12.3 Å². The second kappa shape index (κ2) is 15.7. The molecule has 1 atom stereocenters. The van der Waals surface area contributed by atoms with Gasteiger partial charge < -0.3 is 10.6 Å². The number of carbonyl (C=O) groups excluding carboxylic acids is 2. The highest BCUT2D eigenvalue weighted by molar-refractivity contribution is 7.85. The minimum absolute atomic E-state index is 0.0204. The van der Waals surface area contributed by atoms with E-state index in [1.54, 1.807) is 42.5 Å². The molecule has 0 aliphatic rings. The monoisotopic (exact) mass is 726 g/mol. The maximum Gasteiger partial charge on any atom is 0.266 e. The lowest BCUT2D eigenvalue weighted by atomic mass is 9.89. The molecular formula is C37H37Cl3N2O5S. The van der Waals surface area contributed by atoms with Gasteiger partial charge >= 0.3 is 0 Å². The minimum atomic E-state index is -4.19. The number of halogens is 3. The summed E-state index contributed by atoms with van der Waals surface area (Å²) in [7, 11) is -4.19. The maximum absolute atomic E-state index is 14.0. The quantitative estimate of drug-likeness (QED) is 0.133. The van der Waals surface area contributed by atoms with E-state index < -0.39 is 27.7 Å². The van der Waals surface area contributed by atoms with Crippen LogP contribution in [0.5, 0.6) is 0 Å². The van der Waals surface area contributed by atoms with Gasteiger partial charge in [-0.25, -0.2) is 0 Å². The predicted molar refractivity (Wildman–Crippen MR) is 197 cm³/mol. The molecular weight excluding hydrogens is 691 g/mol. The highest BCUT2D eigenvalue weighted by Crippen LogP contribution is 2.37. The molecule has 0 fully saturated rings. The molecule has 0 aliphatic carbocycles. The molecule has 0 heterocycles. The van der Waals surface area contributed by atoms with Crippen molar-refractivity contribution in [3.63, 3.8) is 0 Å². The zero-order valence-electron chi connectivity index (χ0n) is 27.0. The van der Waals surface area contributed by atoms with Gasteiger partial charge in [0.25, 0.3) is 16.0 Å². The van der Waals surface area contributed by atoms with E-state index in [9.17, 15) is 18.0 Å². The smallest absolute Gasteiger partial charge is 0.266 e. The summed E-state index contributed by atoms with van der Waals surface area (Å²) in [6.45, 7) is 8.05. The third-order valence-electron chi connectivity index (χ3n) is 7.53. The molecule has 252 valence electrons. The van der Waals surface area contributed by atoms with E-state index >= 15 is 0 Å². The Morgan fingerprint density at radius 3 is 2.15 bits per heavy atom. The van der Waals surface area contributed by atoms with Gasteiger partial charge in [0.2, 0.25) is 5.91 Å².